The van der Waals surface area contributed by atoms with Crippen LogP contribution >= 0.6 is 11.6 Å². The summed E-state index contributed by atoms with van der Waals surface area (Å²) in [5.41, 5.74) is -0.974. The molecule has 0 aromatic heterocycles. The lowest BCUT2D eigenvalue weighted by Crippen LogP contribution is -2.63. The topological polar surface area (TPSA) is 48.7 Å². The minimum atomic E-state index is -0.809. The zero-order valence-corrected chi connectivity index (χ0v) is 18.6. The number of morpholine rings is 1. The smallest absolute Gasteiger partial charge is 0.134 e. The Morgan fingerprint density at radius 1 is 1.07 bits per heavy atom. The number of unbranched alkanes of at least 4 members (excludes halogenated alkanes) is 5. The van der Waals surface area contributed by atoms with Crippen LogP contribution in [-0.4, -0.2) is 58.9 Å². The lowest BCUT2D eigenvalue weighted by molar-refractivity contribution is -0.249. The van der Waals surface area contributed by atoms with Crippen LogP contribution in [-0.2, 0) is 9.57 Å². The van der Waals surface area contributed by atoms with Gasteiger partial charge in [0.25, 0.3) is 0 Å². The van der Waals surface area contributed by atoms with E-state index < -0.39 is 16.1 Å². The van der Waals surface area contributed by atoms with Crippen molar-refractivity contribution < 1.29 is 9.57 Å². The fourth-order valence-electron chi connectivity index (χ4n) is 4.87. The van der Waals surface area contributed by atoms with Crippen LogP contribution in [0.1, 0.15) is 73.1 Å². The molecule has 2 saturated heterocycles. The predicted molar refractivity (Wildman–Crippen MR) is 109 cm³/mol. The molecule has 2 atom stereocenters. The van der Waals surface area contributed by atoms with Gasteiger partial charge in [-0.3, -0.25) is 9.74 Å². The third-order valence-electron chi connectivity index (χ3n) is 6.30. The lowest BCUT2D eigenvalue weighted by atomic mass is 9.81. The minimum Gasteiger partial charge on any atom is -0.379 e. The van der Waals surface area contributed by atoms with Gasteiger partial charge >= 0.3 is 0 Å². The van der Waals surface area contributed by atoms with Crippen molar-refractivity contribution in [1.29, 1.82) is 5.26 Å². The first-order valence-electron chi connectivity index (χ1n) is 10.6. The summed E-state index contributed by atoms with van der Waals surface area (Å²) in [6.45, 7) is 14.1. The van der Waals surface area contributed by atoms with Crippen LogP contribution in [0.3, 0.4) is 0 Å². The standard InChI is InChI=1S/C21H38ClN3O2/c1-6-7-8-9-10-11-14-27-25-19(2,3)18(17-23)21(22,20(25,4)5)24-12-15-26-16-13-24/h18H,6-16H2,1-5H3. The van der Waals surface area contributed by atoms with Gasteiger partial charge in [0.2, 0.25) is 0 Å². The number of hydrogen-bond acceptors (Lipinski definition) is 5. The zero-order valence-electron chi connectivity index (χ0n) is 17.9. The molecule has 0 aromatic rings. The molecule has 156 valence electrons. The molecule has 0 spiro atoms. The molecule has 2 aliphatic heterocycles. The highest BCUT2D eigenvalue weighted by Gasteiger charge is 2.70. The SMILES string of the molecule is CCCCCCCCON1C(C)(C)C(C#N)C(Cl)(N2CCOCC2)C1(C)C. The molecule has 2 heterocycles. The Bertz CT molecular complexity index is 514. The first kappa shape index (κ1) is 22.9. The van der Waals surface area contributed by atoms with E-state index in [0.29, 0.717) is 19.8 Å². The molecule has 0 N–H and O–H groups in total. The molecule has 0 aromatic carbocycles. The maximum Gasteiger partial charge on any atom is 0.134 e. The highest BCUT2D eigenvalue weighted by Crippen LogP contribution is 2.56. The Morgan fingerprint density at radius 3 is 2.26 bits per heavy atom. The van der Waals surface area contributed by atoms with E-state index in [2.05, 4.69) is 45.6 Å². The van der Waals surface area contributed by atoms with Crippen molar-refractivity contribution in [2.45, 2.75) is 89.2 Å². The Kier molecular flexibility index (Phi) is 7.98. The van der Waals surface area contributed by atoms with Gasteiger partial charge in [-0.15, -0.1) is 0 Å². The third-order valence-corrected chi connectivity index (χ3v) is 7.22. The largest absolute Gasteiger partial charge is 0.379 e. The van der Waals surface area contributed by atoms with Crippen LogP contribution < -0.4 is 0 Å². The van der Waals surface area contributed by atoms with E-state index in [1.165, 1.54) is 32.1 Å². The molecule has 5 nitrogen and oxygen atoms in total. The Balaban J connectivity index is 2.09. The summed E-state index contributed by atoms with van der Waals surface area (Å²) in [7, 11) is 0. The summed E-state index contributed by atoms with van der Waals surface area (Å²) in [5, 5.41) is 12.1. The molecule has 0 radical (unpaired) electrons. The fourth-order valence-corrected chi connectivity index (χ4v) is 5.43. The quantitative estimate of drug-likeness (QED) is 0.323. The first-order chi connectivity index (χ1) is 12.7. The van der Waals surface area contributed by atoms with Crippen molar-refractivity contribution in [2.24, 2.45) is 5.92 Å². The number of rotatable bonds is 9. The summed E-state index contributed by atoms with van der Waals surface area (Å²) >= 11 is 7.31. The molecule has 2 fully saturated rings. The number of nitrogens with zero attached hydrogens (tertiary/aromatic N) is 3. The van der Waals surface area contributed by atoms with E-state index in [9.17, 15) is 5.26 Å². The fraction of sp³-hybridized carbons (Fsp3) is 0.952. The first-order valence-corrected chi connectivity index (χ1v) is 11.0. The van der Waals surface area contributed by atoms with Crippen molar-refractivity contribution in [3.8, 4) is 6.07 Å². The third kappa shape index (κ3) is 4.31. The van der Waals surface area contributed by atoms with E-state index in [4.69, 9.17) is 21.2 Å². The van der Waals surface area contributed by atoms with Crippen molar-refractivity contribution in [3.05, 3.63) is 0 Å². The predicted octanol–water partition coefficient (Wildman–Crippen LogP) is 4.56. The molecule has 2 unspecified atom stereocenters. The van der Waals surface area contributed by atoms with Crippen LogP contribution in [0, 0.1) is 17.2 Å². The second-order valence-corrected chi connectivity index (χ2v) is 9.52. The molecule has 2 rings (SSSR count). The molecule has 0 amide bonds. The molecular formula is C21H38ClN3O2. The number of alkyl halides is 1. The van der Waals surface area contributed by atoms with E-state index in [0.717, 1.165) is 19.5 Å². The number of nitriles is 1. The number of halogens is 1. The zero-order chi connectivity index (χ0) is 20.1. The van der Waals surface area contributed by atoms with Gasteiger partial charge in [0.1, 0.15) is 10.9 Å². The number of ether oxygens (including phenoxy) is 1. The maximum atomic E-state index is 10.0. The van der Waals surface area contributed by atoms with Gasteiger partial charge in [0.05, 0.1) is 37.0 Å². The second-order valence-electron chi connectivity index (χ2n) is 8.94. The molecule has 27 heavy (non-hydrogen) atoms. The van der Waals surface area contributed by atoms with E-state index >= 15 is 0 Å². The molecule has 2 aliphatic rings. The van der Waals surface area contributed by atoms with Gasteiger partial charge in [-0.05, 0) is 34.1 Å². The summed E-state index contributed by atoms with van der Waals surface area (Å²) in [6.07, 6.45) is 7.36. The van der Waals surface area contributed by atoms with Crippen LogP contribution in [0.5, 0.6) is 0 Å². The Morgan fingerprint density at radius 2 is 1.67 bits per heavy atom. The number of hydroxylamine groups is 2. The average molecular weight is 400 g/mol. The highest BCUT2D eigenvalue weighted by atomic mass is 35.5. The van der Waals surface area contributed by atoms with Gasteiger partial charge in [0, 0.05) is 13.1 Å². The monoisotopic (exact) mass is 399 g/mol. The molecule has 0 aliphatic carbocycles. The average Bonchev–Trinajstić information content (AvgIpc) is 2.75. The summed E-state index contributed by atoms with van der Waals surface area (Å²) in [5.74, 6) is -0.371. The van der Waals surface area contributed by atoms with Crippen LogP contribution in [0.15, 0.2) is 0 Å². The van der Waals surface area contributed by atoms with Crippen molar-refractivity contribution in [3.63, 3.8) is 0 Å². The van der Waals surface area contributed by atoms with Gasteiger partial charge in [-0.25, -0.2) is 0 Å². The van der Waals surface area contributed by atoms with Gasteiger partial charge in [0.15, 0.2) is 0 Å². The summed E-state index contributed by atoms with van der Waals surface area (Å²) in [6, 6.07) is 2.52. The van der Waals surface area contributed by atoms with Crippen molar-refractivity contribution in [1.82, 2.24) is 9.96 Å². The van der Waals surface area contributed by atoms with E-state index in [1.807, 2.05) is 5.06 Å². The van der Waals surface area contributed by atoms with Crippen LogP contribution in [0.25, 0.3) is 0 Å². The summed E-state index contributed by atoms with van der Waals surface area (Å²) in [4.78, 5) is 7.71. The van der Waals surface area contributed by atoms with Gasteiger partial charge in [-0.1, -0.05) is 50.6 Å². The second kappa shape index (κ2) is 9.41. The Hall–Kier alpha value is -0.380. The molecular weight excluding hydrogens is 362 g/mol. The van der Waals surface area contributed by atoms with Crippen LogP contribution in [0.2, 0.25) is 0 Å². The molecule has 0 bridgehead atoms. The number of hydrogen-bond donors (Lipinski definition) is 0. The lowest BCUT2D eigenvalue weighted by Gasteiger charge is -2.48. The summed E-state index contributed by atoms with van der Waals surface area (Å²) < 4.78 is 5.51. The highest BCUT2D eigenvalue weighted by molar-refractivity contribution is 6.25. The molecule has 0 saturated carbocycles. The van der Waals surface area contributed by atoms with Crippen LogP contribution in [0.4, 0.5) is 0 Å². The maximum absolute atomic E-state index is 10.0. The van der Waals surface area contributed by atoms with E-state index in [1.54, 1.807) is 0 Å². The van der Waals surface area contributed by atoms with Gasteiger partial charge < -0.3 is 4.74 Å². The normalized spacial score (nSPS) is 31.1. The molecule has 6 heteroatoms. The van der Waals surface area contributed by atoms with Crippen molar-refractivity contribution >= 4 is 11.6 Å². The Labute approximate surface area is 170 Å². The van der Waals surface area contributed by atoms with Crippen molar-refractivity contribution in [2.75, 3.05) is 32.9 Å². The minimum absolute atomic E-state index is 0.371. The van der Waals surface area contributed by atoms with Gasteiger partial charge in [-0.2, -0.15) is 10.3 Å². The van der Waals surface area contributed by atoms with E-state index in [-0.39, 0.29) is 5.92 Å².